The highest BCUT2D eigenvalue weighted by molar-refractivity contribution is 7.89. The molecular weight excluding hydrogens is 418 g/mol. The molecule has 2 aromatic carbocycles. The van der Waals surface area contributed by atoms with E-state index in [-0.39, 0.29) is 34.5 Å². The molecule has 162 valence electrons. The Bertz CT molecular complexity index is 1010. The first-order valence-corrected chi connectivity index (χ1v) is 10.8. The van der Waals surface area contributed by atoms with Crippen molar-refractivity contribution in [3.8, 4) is 11.5 Å². The Hall–Kier alpha value is -2.72. The third-order valence-corrected chi connectivity index (χ3v) is 5.97. The van der Waals surface area contributed by atoms with Gasteiger partial charge in [-0.2, -0.15) is 8.78 Å². The van der Waals surface area contributed by atoms with Gasteiger partial charge in [-0.1, -0.05) is 12.1 Å². The molecule has 1 aliphatic carbocycles. The molecule has 30 heavy (non-hydrogen) atoms. The molecule has 0 heterocycles. The van der Waals surface area contributed by atoms with Crippen LogP contribution < -0.4 is 19.5 Å². The fourth-order valence-corrected chi connectivity index (χ4v) is 4.13. The molecule has 0 saturated heterocycles. The summed E-state index contributed by atoms with van der Waals surface area (Å²) in [6, 6.07) is 10.4. The van der Waals surface area contributed by atoms with E-state index in [2.05, 4.69) is 14.8 Å². The number of halogens is 2. The van der Waals surface area contributed by atoms with Gasteiger partial charge in [0.25, 0.3) is 5.91 Å². The predicted molar refractivity (Wildman–Crippen MR) is 105 cm³/mol. The average molecular weight is 440 g/mol. The highest BCUT2D eigenvalue weighted by atomic mass is 32.2. The van der Waals surface area contributed by atoms with Crippen molar-refractivity contribution >= 4 is 15.9 Å². The number of ether oxygens (including phenoxy) is 2. The zero-order chi connectivity index (χ0) is 21.7. The van der Waals surface area contributed by atoms with Gasteiger partial charge in [0, 0.05) is 18.2 Å². The molecular formula is C20H22F2N2O5S. The van der Waals surface area contributed by atoms with E-state index in [0.717, 1.165) is 12.8 Å². The molecule has 0 unspecified atom stereocenters. The number of carbonyl (C=O) groups excluding carboxylic acids is 1. The summed E-state index contributed by atoms with van der Waals surface area (Å²) in [4.78, 5) is 12.4. The number of rotatable bonds is 10. The molecule has 2 N–H and O–H groups in total. The van der Waals surface area contributed by atoms with Gasteiger partial charge in [-0.05, 0) is 55.2 Å². The van der Waals surface area contributed by atoms with Crippen molar-refractivity contribution in [3.05, 3.63) is 53.6 Å². The Labute approximate surface area is 173 Å². The lowest BCUT2D eigenvalue weighted by Crippen LogP contribution is -2.28. The van der Waals surface area contributed by atoms with Crippen molar-refractivity contribution in [1.82, 2.24) is 10.0 Å². The second-order valence-corrected chi connectivity index (χ2v) is 8.51. The van der Waals surface area contributed by atoms with Crippen molar-refractivity contribution in [3.63, 3.8) is 0 Å². The van der Waals surface area contributed by atoms with Crippen LogP contribution in [0.1, 0.15) is 28.8 Å². The summed E-state index contributed by atoms with van der Waals surface area (Å²) in [5.41, 5.74) is 0.877. The number of alkyl halides is 2. The molecule has 1 saturated carbocycles. The number of sulfonamides is 1. The van der Waals surface area contributed by atoms with Crippen LogP contribution in [0.4, 0.5) is 8.78 Å². The number of nitrogens with one attached hydrogen (secondary N) is 2. The fraction of sp³-hybridized carbons (Fsp3) is 0.350. The van der Waals surface area contributed by atoms with Gasteiger partial charge in [-0.3, -0.25) is 4.79 Å². The van der Waals surface area contributed by atoms with Crippen molar-refractivity contribution in [1.29, 1.82) is 0 Å². The highest BCUT2D eigenvalue weighted by Gasteiger charge is 2.28. The molecule has 0 atom stereocenters. The molecule has 2 aromatic rings. The monoisotopic (exact) mass is 440 g/mol. The standard InChI is InChI=1S/C20H22F2N2O5S/c1-28-17-8-5-13(11-18(17)29-20(21)22)9-10-23-19(25)14-3-2-4-16(12-14)30(26,27)24-15-6-7-15/h2-5,8,11-12,15,20,24H,6-7,9-10H2,1H3,(H,23,25). The third kappa shape index (κ3) is 5.90. The summed E-state index contributed by atoms with van der Waals surface area (Å²) < 4.78 is 61.6. The van der Waals surface area contributed by atoms with Crippen molar-refractivity contribution in [2.45, 2.75) is 36.8 Å². The minimum Gasteiger partial charge on any atom is -0.493 e. The van der Waals surface area contributed by atoms with Gasteiger partial charge in [-0.15, -0.1) is 0 Å². The van der Waals surface area contributed by atoms with Crippen LogP contribution >= 0.6 is 0 Å². The predicted octanol–water partition coefficient (Wildman–Crippen LogP) is 2.71. The van der Waals surface area contributed by atoms with Crippen LogP contribution in [0.25, 0.3) is 0 Å². The first-order valence-electron chi connectivity index (χ1n) is 9.31. The number of methoxy groups -OCH3 is 1. The summed E-state index contributed by atoms with van der Waals surface area (Å²) in [7, 11) is -2.31. The van der Waals surface area contributed by atoms with Crippen LogP contribution in [0.2, 0.25) is 0 Å². The summed E-state index contributed by atoms with van der Waals surface area (Å²) in [6.07, 6.45) is 1.99. The number of benzene rings is 2. The Morgan fingerprint density at radius 1 is 1.17 bits per heavy atom. The first kappa shape index (κ1) is 22.0. The molecule has 0 bridgehead atoms. The van der Waals surface area contributed by atoms with Crippen molar-refractivity contribution in [2.24, 2.45) is 0 Å². The van der Waals surface area contributed by atoms with E-state index >= 15 is 0 Å². The summed E-state index contributed by atoms with van der Waals surface area (Å²) in [5.74, 6) is -0.339. The number of carbonyl (C=O) groups is 1. The topological polar surface area (TPSA) is 93.7 Å². The minimum absolute atomic E-state index is 0.0316. The van der Waals surface area contributed by atoms with Crippen LogP contribution in [-0.4, -0.2) is 40.6 Å². The van der Waals surface area contributed by atoms with E-state index in [1.807, 2.05) is 0 Å². The van der Waals surface area contributed by atoms with Crippen LogP contribution in [0.15, 0.2) is 47.4 Å². The van der Waals surface area contributed by atoms with Gasteiger partial charge < -0.3 is 14.8 Å². The van der Waals surface area contributed by atoms with E-state index < -0.39 is 22.5 Å². The van der Waals surface area contributed by atoms with Crippen LogP contribution in [0.5, 0.6) is 11.5 Å². The summed E-state index contributed by atoms with van der Waals surface area (Å²) in [5, 5.41) is 2.69. The van der Waals surface area contributed by atoms with E-state index in [1.165, 1.54) is 43.5 Å². The van der Waals surface area contributed by atoms with Crippen molar-refractivity contribution in [2.75, 3.05) is 13.7 Å². The summed E-state index contributed by atoms with van der Waals surface area (Å²) in [6.45, 7) is -2.76. The molecule has 0 aliphatic heterocycles. The maximum absolute atomic E-state index is 12.5. The van der Waals surface area contributed by atoms with Crippen LogP contribution in [-0.2, 0) is 16.4 Å². The average Bonchev–Trinajstić information content (AvgIpc) is 3.51. The third-order valence-electron chi connectivity index (χ3n) is 4.45. The second kappa shape index (κ2) is 9.40. The van der Waals surface area contributed by atoms with Gasteiger partial charge >= 0.3 is 6.61 Å². The molecule has 10 heteroatoms. The van der Waals surface area contributed by atoms with Gasteiger partial charge in [0.05, 0.1) is 12.0 Å². The summed E-state index contributed by atoms with van der Waals surface area (Å²) >= 11 is 0. The molecule has 0 spiro atoms. The Balaban J connectivity index is 1.60. The lowest BCUT2D eigenvalue weighted by Gasteiger charge is -2.12. The molecule has 1 amide bonds. The minimum atomic E-state index is -3.65. The van der Waals surface area contributed by atoms with E-state index in [4.69, 9.17) is 4.74 Å². The quantitative estimate of drug-likeness (QED) is 0.593. The van der Waals surface area contributed by atoms with E-state index in [9.17, 15) is 22.0 Å². The SMILES string of the molecule is COc1ccc(CCNC(=O)c2cccc(S(=O)(=O)NC3CC3)c2)cc1OC(F)F. The molecule has 0 aromatic heterocycles. The van der Waals surface area contributed by atoms with Gasteiger partial charge in [0.2, 0.25) is 10.0 Å². The first-order chi connectivity index (χ1) is 14.3. The van der Waals surface area contributed by atoms with Crippen molar-refractivity contribution < 1.29 is 31.5 Å². The van der Waals surface area contributed by atoms with Gasteiger partial charge in [0.1, 0.15) is 0 Å². The second-order valence-electron chi connectivity index (χ2n) is 6.79. The van der Waals surface area contributed by atoms with E-state index in [0.29, 0.717) is 12.0 Å². The Morgan fingerprint density at radius 2 is 1.93 bits per heavy atom. The lowest BCUT2D eigenvalue weighted by molar-refractivity contribution is -0.0512. The fourth-order valence-electron chi connectivity index (χ4n) is 2.78. The highest BCUT2D eigenvalue weighted by Crippen LogP contribution is 2.29. The molecule has 1 aliphatic rings. The van der Waals surface area contributed by atoms with Gasteiger partial charge in [0.15, 0.2) is 11.5 Å². The molecule has 1 fully saturated rings. The Kier molecular flexibility index (Phi) is 6.88. The smallest absolute Gasteiger partial charge is 0.387 e. The maximum atomic E-state index is 12.5. The maximum Gasteiger partial charge on any atom is 0.387 e. The number of amides is 1. The van der Waals surface area contributed by atoms with Gasteiger partial charge in [-0.25, -0.2) is 13.1 Å². The largest absolute Gasteiger partial charge is 0.493 e. The lowest BCUT2D eigenvalue weighted by atomic mass is 10.1. The molecule has 0 radical (unpaired) electrons. The molecule has 3 rings (SSSR count). The zero-order valence-corrected chi connectivity index (χ0v) is 17.0. The zero-order valence-electron chi connectivity index (χ0n) is 16.2. The van der Waals surface area contributed by atoms with E-state index in [1.54, 1.807) is 6.07 Å². The molecule has 7 nitrogen and oxygen atoms in total. The normalized spacial score (nSPS) is 13.9. The Morgan fingerprint density at radius 3 is 2.60 bits per heavy atom. The van der Waals surface area contributed by atoms with Crippen LogP contribution in [0.3, 0.4) is 0 Å². The van der Waals surface area contributed by atoms with Crippen LogP contribution in [0, 0.1) is 0 Å². The number of hydrogen-bond donors (Lipinski definition) is 2. The number of hydrogen-bond acceptors (Lipinski definition) is 5.